The molecule has 0 aliphatic carbocycles. The van der Waals surface area contributed by atoms with E-state index in [-0.39, 0.29) is 5.56 Å². The first-order chi connectivity index (χ1) is 5.25. The fourth-order valence-electron chi connectivity index (χ4n) is 0.677. The molecule has 1 unspecified atom stereocenters. The first-order valence-corrected chi connectivity index (χ1v) is 3.39. The van der Waals surface area contributed by atoms with Gasteiger partial charge in [-0.05, 0) is 6.07 Å². The molecule has 0 N–H and O–H groups in total. The summed E-state index contributed by atoms with van der Waals surface area (Å²) in [5, 5.41) is -0.941. The van der Waals surface area contributed by atoms with Crippen molar-refractivity contribution in [2.45, 2.75) is 5.38 Å². The van der Waals surface area contributed by atoms with Crippen molar-refractivity contribution in [2.24, 2.45) is 0 Å². The van der Waals surface area contributed by atoms with Crippen molar-refractivity contribution in [2.75, 3.05) is 0 Å². The number of rotatable bonds is 2. The summed E-state index contributed by atoms with van der Waals surface area (Å²) in [5.41, 5.74) is 0.115. The quantitative estimate of drug-likeness (QED) is 0.387. The second-order valence-corrected chi connectivity index (χ2v) is 2.39. The van der Waals surface area contributed by atoms with Crippen LogP contribution < -0.4 is 0 Å². The van der Waals surface area contributed by atoms with Gasteiger partial charge in [0.05, 0.1) is 0 Å². The monoisotopic (exact) mass is 173 g/mol. The standard InChI is InChI=1S/C7H5ClFNO/c8-6(4-11)5-2-1-3-10-7(5)9/h1-4,6H. The SMILES string of the molecule is O=CC(Cl)c1cccnc1F. The zero-order chi connectivity index (χ0) is 8.27. The van der Waals surface area contributed by atoms with Gasteiger partial charge in [0, 0.05) is 11.8 Å². The van der Waals surface area contributed by atoms with Gasteiger partial charge >= 0.3 is 0 Å². The van der Waals surface area contributed by atoms with E-state index in [9.17, 15) is 9.18 Å². The van der Waals surface area contributed by atoms with E-state index >= 15 is 0 Å². The molecule has 1 aromatic rings. The van der Waals surface area contributed by atoms with Crippen molar-refractivity contribution in [3.63, 3.8) is 0 Å². The van der Waals surface area contributed by atoms with E-state index in [1.807, 2.05) is 0 Å². The molecule has 2 nitrogen and oxygen atoms in total. The molecule has 0 spiro atoms. The topological polar surface area (TPSA) is 30.0 Å². The Labute approximate surface area is 68.0 Å². The average Bonchev–Trinajstić information content (AvgIpc) is 2.04. The first-order valence-electron chi connectivity index (χ1n) is 2.95. The number of hydrogen-bond acceptors (Lipinski definition) is 2. The molecular formula is C7H5ClFNO. The second kappa shape index (κ2) is 3.44. The van der Waals surface area contributed by atoms with Crippen molar-refractivity contribution < 1.29 is 9.18 Å². The summed E-state index contributed by atoms with van der Waals surface area (Å²) >= 11 is 5.45. The van der Waals surface area contributed by atoms with Crippen LogP contribution in [0.1, 0.15) is 10.9 Å². The van der Waals surface area contributed by atoms with Crippen LogP contribution in [0.3, 0.4) is 0 Å². The van der Waals surface area contributed by atoms with Crippen LogP contribution in [0.4, 0.5) is 4.39 Å². The van der Waals surface area contributed by atoms with E-state index in [0.717, 1.165) is 0 Å². The molecule has 0 aliphatic rings. The Balaban J connectivity index is 3.02. The van der Waals surface area contributed by atoms with Crippen LogP contribution in [-0.4, -0.2) is 11.3 Å². The highest BCUT2D eigenvalue weighted by atomic mass is 35.5. The average molecular weight is 174 g/mol. The molecule has 58 valence electrons. The van der Waals surface area contributed by atoms with Crippen molar-refractivity contribution in [3.8, 4) is 0 Å². The van der Waals surface area contributed by atoms with Crippen molar-refractivity contribution in [1.29, 1.82) is 0 Å². The third-order valence-corrected chi connectivity index (χ3v) is 1.54. The van der Waals surface area contributed by atoms with Crippen LogP contribution in [0.15, 0.2) is 18.3 Å². The van der Waals surface area contributed by atoms with E-state index in [4.69, 9.17) is 11.6 Å². The number of aromatic nitrogens is 1. The predicted molar refractivity (Wildman–Crippen MR) is 38.9 cm³/mol. The Hall–Kier alpha value is -0.960. The summed E-state index contributed by atoms with van der Waals surface area (Å²) in [6, 6.07) is 2.95. The molecule has 0 saturated carbocycles. The van der Waals surface area contributed by atoms with E-state index in [1.165, 1.54) is 18.3 Å². The Kier molecular flexibility index (Phi) is 2.54. The number of hydrogen-bond donors (Lipinski definition) is 0. The van der Waals surface area contributed by atoms with Gasteiger partial charge in [-0.3, -0.25) is 0 Å². The van der Waals surface area contributed by atoms with E-state index < -0.39 is 11.3 Å². The molecule has 0 aromatic carbocycles. The molecule has 0 fully saturated rings. The lowest BCUT2D eigenvalue weighted by atomic mass is 10.2. The lowest BCUT2D eigenvalue weighted by Gasteiger charge is -2.00. The van der Waals surface area contributed by atoms with E-state index in [1.54, 1.807) is 0 Å². The molecule has 1 aromatic heterocycles. The van der Waals surface area contributed by atoms with Gasteiger partial charge < -0.3 is 4.79 Å². The Morgan fingerprint density at radius 1 is 1.73 bits per heavy atom. The first kappa shape index (κ1) is 8.14. The van der Waals surface area contributed by atoms with E-state index in [0.29, 0.717) is 6.29 Å². The molecule has 0 bridgehead atoms. The highest BCUT2D eigenvalue weighted by molar-refractivity contribution is 6.27. The minimum absolute atomic E-state index is 0.115. The van der Waals surface area contributed by atoms with Crippen LogP contribution in [-0.2, 0) is 4.79 Å². The van der Waals surface area contributed by atoms with Crippen LogP contribution in [0.5, 0.6) is 0 Å². The molecule has 4 heteroatoms. The molecule has 1 rings (SSSR count). The fourth-order valence-corrected chi connectivity index (χ4v) is 0.840. The molecular weight excluding hydrogens is 169 g/mol. The lowest BCUT2D eigenvalue weighted by molar-refractivity contribution is -0.107. The molecule has 0 radical (unpaired) electrons. The van der Waals surface area contributed by atoms with Crippen LogP contribution in [0, 0.1) is 5.95 Å². The third kappa shape index (κ3) is 1.74. The largest absolute Gasteiger partial charge is 0.301 e. The smallest absolute Gasteiger partial charge is 0.217 e. The Morgan fingerprint density at radius 3 is 3.00 bits per heavy atom. The van der Waals surface area contributed by atoms with Gasteiger partial charge in [-0.1, -0.05) is 6.07 Å². The molecule has 0 saturated heterocycles. The number of halogens is 2. The molecule has 1 atom stereocenters. The number of carbonyl (C=O) groups is 1. The Morgan fingerprint density at radius 2 is 2.45 bits per heavy atom. The van der Waals surface area contributed by atoms with Gasteiger partial charge in [0.15, 0.2) is 0 Å². The van der Waals surface area contributed by atoms with Gasteiger partial charge in [0.25, 0.3) is 0 Å². The van der Waals surface area contributed by atoms with Crippen molar-refractivity contribution in [1.82, 2.24) is 4.98 Å². The minimum Gasteiger partial charge on any atom is -0.301 e. The van der Waals surface area contributed by atoms with Crippen molar-refractivity contribution in [3.05, 3.63) is 29.8 Å². The van der Waals surface area contributed by atoms with Gasteiger partial charge in [0.1, 0.15) is 11.7 Å². The van der Waals surface area contributed by atoms with Gasteiger partial charge in [-0.15, -0.1) is 11.6 Å². The summed E-state index contributed by atoms with van der Waals surface area (Å²) in [4.78, 5) is 13.5. The summed E-state index contributed by atoms with van der Waals surface area (Å²) in [5.74, 6) is -0.695. The number of carbonyl (C=O) groups excluding carboxylic acids is 1. The van der Waals surface area contributed by atoms with Gasteiger partial charge in [0.2, 0.25) is 5.95 Å². The number of aldehydes is 1. The number of alkyl halides is 1. The van der Waals surface area contributed by atoms with Crippen LogP contribution in [0.2, 0.25) is 0 Å². The molecule has 0 aliphatic heterocycles. The highest BCUT2D eigenvalue weighted by Crippen LogP contribution is 2.18. The number of pyridine rings is 1. The fraction of sp³-hybridized carbons (Fsp3) is 0.143. The summed E-state index contributed by atoms with van der Waals surface area (Å²) in [6.45, 7) is 0. The lowest BCUT2D eigenvalue weighted by Crippen LogP contribution is -1.97. The highest BCUT2D eigenvalue weighted by Gasteiger charge is 2.11. The van der Waals surface area contributed by atoms with Gasteiger partial charge in [-0.2, -0.15) is 4.39 Å². The van der Waals surface area contributed by atoms with E-state index in [2.05, 4.69) is 4.98 Å². The van der Waals surface area contributed by atoms with Gasteiger partial charge in [-0.25, -0.2) is 4.98 Å². The summed E-state index contributed by atoms with van der Waals surface area (Å²) < 4.78 is 12.7. The molecule has 11 heavy (non-hydrogen) atoms. The molecule has 0 amide bonds. The summed E-state index contributed by atoms with van der Waals surface area (Å²) in [7, 11) is 0. The van der Waals surface area contributed by atoms with Crippen molar-refractivity contribution >= 4 is 17.9 Å². The van der Waals surface area contributed by atoms with Crippen LogP contribution >= 0.6 is 11.6 Å². The zero-order valence-corrected chi connectivity index (χ0v) is 6.25. The third-order valence-electron chi connectivity index (χ3n) is 1.20. The normalized spacial score (nSPS) is 12.5. The Bertz CT molecular complexity index is 266. The maximum Gasteiger partial charge on any atom is 0.217 e. The number of nitrogens with zero attached hydrogens (tertiary/aromatic N) is 1. The minimum atomic E-state index is -0.941. The van der Waals surface area contributed by atoms with Crippen LogP contribution in [0.25, 0.3) is 0 Å². The maximum atomic E-state index is 12.7. The summed E-state index contributed by atoms with van der Waals surface area (Å²) in [6.07, 6.45) is 1.76. The maximum absolute atomic E-state index is 12.7. The second-order valence-electron chi connectivity index (χ2n) is 1.92. The predicted octanol–water partition coefficient (Wildman–Crippen LogP) is 1.70. The zero-order valence-electron chi connectivity index (χ0n) is 5.50. The molecule has 1 heterocycles.